The van der Waals surface area contributed by atoms with Gasteiger partial charge < -0.3 is 9.84 Å². The first-order valence-electron chi connectivity index (χ1n) is 3.86. The van der Waals surface area contributed by atoms with Crippen molar-refractivity contribution in [3.8, 4) is 0 Å². The maximum absolute atomic E-state index is 9.48. The molecule has 62 valence electrons. The largest absolute Gasteiger partial charge is 0.388 e. The number of aliphatic hydroxyl groups is 1. The summed E-state index contributed by atoms with van der Waals surface area (Å²) in [7, 11) is 0. The van der Waals surface area contributed by atoms with Crippen LogP contribution in [0.25, 0.3) is 0 Å². The number of hydrogen-bond donors (Lipinski definition) is 1. The molecule has 0 unspecified atom stereocenters. The Balaban J connectivity index is 3.81. The average Bonchev–Trinajstić information content (AvgIpc) is 1.80. The molecule has 0 bridgehead atoms. The maximum Gasteiger partial charge on any atom is 0.0853 e. The van der Waals surface area contributed by atoms with Gasteiger partial charge in [0.25, 0.3) is 0 Å². The molecule has 1 atom stereocenters. The van der Waals surface area contributed by atoms with E-state index in [1.54, 1.807) is 13.8 Å². The van der Waals surface area contributed by atoms with Crippen LogP contribution in [0.4, 0.5) is 0 Å². The van der Waals surface area contributed by atoms with E-state index >= 15 is 0 Å². The van der Waals surface area contributed by atoms with Crippen molar-refractivity contribution in [1.29, 1.82) is 0 Å². The molecule has 0 aliphatic heterocycles. The predicted octanol–water partition coefficient (Wildman–Crippen LogP) is 1.57. The molecule has 0 aromatic heterocycles. The number of ether oxygens (including phenoxy) is 1. The third-order valence-corrected chi connectivity index (χ3v) is 1.53. The van der Waals surface area contributed by atoms with Crippen LogP contribution in [0.15, 0.2) is 0 Å². The zero-order valence-corrected chi connectivity index (χ0v) is 7.35. The highest BCUT2D eigenvalue weighted by atomic mass is 16.5. The molecule has 0 aromatic carbocycles. The summed E-state index contributed by atoms with van der Waals surface area (Å²) in [5.41, 5.74) is -0.704. The number of hydrogen-bond acceptors (Lipinski definition) is 2. The van der Waals surface area contributed by atoms with Gasteiger partial charge in [-0.15, -0.1) is 0 Å². The van der Waals surface area contributed by atoms with E-state index in [-0.39, 0.29) is 6.10 Å². The van der Waals surface area contributed by atoms with Crippen molar-refractivity contribution >= 4 is 0 Å². The van der Waals surface area contributed by atoms with E-state index in [1.165, 1.54) is 0 Å². The van der Waals surface area contributed by atoms with Gasteiger partial charge in [-0.25, -0.2) is 0 Å². The molecule has 0 fully saturated rings. The van der Waals surface area contributed by atoms with Crippen molar-refractivity contribution in [2.24, 2.45) is 0 Å². The Labute approximate surface area is 63.2 Å². The first-order chi connectivity index (χ1) is 4.52. The highest BCUT2D eigenvalue weighted by Crippen LogP contribution is 2.14. The lowest BCUT2D eigenvalue weighted by atomic mass is 10.00. The van der Waals surface area contributed by atoms with Gasteiger partial charge in [-0.2, -0.15) is 0 Å². The van der Waals surface area contributed by atoms with E-state index in [9.17, 15) is 5.11 Å². The monoisotopic (exact) mass is 146 g/mol. The summed E-state index contributed by atoms with van der Waals surface area (Å²) in [5, 5.41) is 9.48. The van der Waals surface area contributed by atoms with Crippen LogP contribution in [0.2, 0.25) is 0 Å². The van der Waals surface area contributed by atoms with Crippen LogP contribution in [-0.4, -0.2) is 23.4 Å². The molecule has 1 N–H and O–H groups in total. The van der Waals surface area contributed by atoms with Crippen molar-refractivity contribution in [3.63, 3.8) is 0 Å². The van der Waals surface area contributed by atoms with Gasteiger partial charge in [-0.3, -0.25) is 0 Å². The van der Waals surface area contributed by atoms with Crippen molar-refractivity contribution in [1.82, 2.24) is 0 Å². The molecule has 0 heterocycles. The van der Waals surface area contributed by atoms with Gasteiger partial charge in [0.15, 0.2) is 0 Å². The Kier molecular flexibility index (Phi) is 3.91. The van der Waals surface area contributed by atoms with Gasteiger partial charge in [-0.1, -0.05) is 6.92 Å². The normalized spacial score (nSPS) is 15.3. The Bertz CT molecular complexity index is 83.7. The molecule has 0 saturated carbocycles. The van der Waals surface area contributed by atoms with Crippen LogP contribution in [0.3, 0.4) is 0 Å². The molecule has 2 heteroatoms. The molecule has 0 rings (SSSR count). The fourth-order valence-corrected chi connectivity index (χ4v) is 1.02. The highest BCUT2D eigenvalue weighted by Gasteiger charge is 2.24. The molecule has 0 spiro atoms. The van der Waals surface area contributed by atoms with E-state index in [4.69, 9.17) is 4.74 Å². The van der Waals surface area contributed by atoms with E-state index in [1.807, 2.05) is 13.8 Å². The van der Waals surface area contributed by atoms with Gasteiger partial charge in [0.1, 0.15) is 0 Å². The van der Waals surface area contributed by atoms with E-state index in [2.05, 4.69) is 0 Å². The third-order valence-electron chi connectivity index (χ3n) is 1.53. The predicted molar refractivity (Wildman–Crippen MR) is 42.0 cm³/mol. The molecular formula is C8H18O2. The van der Waals surface area contributed by atoms with Gasteiger partial charge in [0, 0.05) is 6.61 Å². The van der Waals surface area contributed by atoms with Gasteiger partial charge in [-0.05, 0) is 27.2 Å². The summed E-state index contributed by atoms with van der Waals surface area (Å²) < 4.78 is 5.31. The fraction of sp³-hybridized carbons (Fsp3) is 1.00. The lowest BCUT2D eigenvalue weighted by Gasteiger charge is -2.27. The van der Waals surface area contributed by atoms with Gasteiger partial charge in [0.2, 0.25) is 0 Å². The highest BCUT2D eigenvalue weighted by molar-refractivity contribution is 4.76. The Morgan fingerprint density at radius 3 is 2.00 bits per heavy atom. The maximum atomic E-state index is 9.48. The standard InChI is InChI=1S/C8H18O2/c1-5-7(10-6-2)8(3,4)9/h7,9H,5-6H2,1-4H3/t7-/m0/s1. The van der Waals surface area contributed by atoms with Crippen molar-refractivity contribution < 1.29 is 9.84 Å². The molecule has 0 saturated heterocycles. The third kappa shape index (κ3) is 3.18. The summed E-state index contributed by atoms with van der Waals surface area (Å²) in [5.74, 6) is 0. The van der Waals surface area contributed by atoms with Crippen molar-refractivity contribution in [2.45, 2.75) is 45.8 Å². The Morgan fingerprint density at radius 1 is 1.40 bits per heavy atom. The van der Waals surface area contributed by atoms with E-state index in [0.29, 0.717) is 6.61 Å². The van der Waals surface area contributed by atoms with Crippen LogP contribution in [-0.2, 0) is 4.74 Å². The molecular weight excluding hydrogens is 128 g/mol. The van der Waals surface area contributed by atoms with E-state index < -0.39 is 5.60 Å². The summed E-state index contributed by atoms with van der Waals surface area (Å²) >= 11 is 0. The Morgan fingerprint density at radius 2 is 1.90 bits per heavy atom. The topological polar surface area (TPSA) is 29.5 Å². The first-order valence-corrected chi connectivity index (χ1v) is 3.86. The van der Waals surface area contributed by atoms with Crippen LogP contribution in [0, 0.1) is 0 Å². The van der Waals surface area contributed by atoms with Gasteiger partial charge >= 0.3 is 0 Å². The second-order valence-electron chi connectivity index (χ2n) is 3.01. The lowest BCUT2D eigenvalue weighted by molar-refractivity contribution is -0.0858. The summed E-state index contributed by atoms with van der Waals surface area (Å²) in [4.78, 5) is 0. The minimum atomic E-state index is -0.704. The lowest BCUT2D eigenvalue weighted by Crippen LogP contribution is -2.37. The Hall–Kier alpha value is -0.0800. The smallest absolute Gasteiger partial charge is 0.0853 e. The van der Waals surface area contributed by atoms with Crippen molar-refractivity contribution in [3.05, 3.63) is 0 Å². The van der Waals surface area contributed by atoms with Crippen molar-refractivity contribution in [2.75, 3.05) is 6.61 Å². The summed E-state index contributed by atoms with van der Waals surface area (Å²) in [6.07, 6.45) is 0.828. The summed E-state index contributed by atoms with van der Waals surface area (Å²) in [6.45, 7) is 8.17. The zero-order chi connectivity index (χ0) is 8.20. The zero-order valence-electron chi connectivity index (χ0n) is 7.35. The minimum absolute atomic E-state index is 0.0301. The van der Waals surface area contributed by atoms with Crippen LogP contribution >= 0.6 is 0 Å². The molecule has 0 aromatic rings. The fourth-order valence-electron chi connectivity index (χ4n) is 1.02. The second-order valence-corrected chi connectivity index (χ2v) is 3.01. The molecule has 2 nitrogen and oxygen atoms in total. The average molecular weight is 146 g/mol. The molecule has 0 amide bonds. The molecule has 0 radical (unpaired) electrons. The minimum Gasteiger partial charge on any atom is -0.388 e. The first kappa shape index (κ1) is 9.92. The van der Waals surface area contributed by atoms with Crippen LogP contribution in [0.5, 0.6) is 0 Å². The van der Waals surface area contributed by atoms with Crippen LogP contribution in [0.1, 0.15) is 34.1 Å². The second kappa shape index (κ2) is 3.94. The van der Waals surface area contributed by atoms with Gasteiger partial charge in [0.05, 0.1) is 11.7 Å². The van der Waals surface area contributed by atoms with E-state index in [0.717, 1.165) is 6.42 Å². The van der Waals surface area contributed by atoms with Crippen LogP contribution < -0.4 is 0 Å². The molecule has 0 aliphatic rings. The SMILES string of the molecule is CCO[C@@H](CC)C(C)(C)O. The quantitative estimate of drug-likeness (QED) is 0.652. The number of rotatable bonds is 4. The molecule has 0 aliphatic carbocycles. The molecule has 10 heavy (non-hydrogen) atoms. The summed E-state index contributed by atoms with van der Waals surface area (Å²) in [6, 6.07) is 0.